The van der Waals surface area contributed by atoms with Gasteiger partial charge in [-0.1, -0.05) is 6.07 Å². The molecule has 30 heavy (non-hydrogen) atoms. The average Bonchev–Trinajstić information content (AvgIpc) is 3.28. The van der Waals surface area contributed by atoms with Gasteiger partial charge < -0.3 is 15.1 Å². The number of nitrogens with zero attached hydrogens (tertiary/aromatic N) is 4. The minimum atomic E-state index is -0.612. The Morgan fingerprint density at radius 3 is 2.73 bits per heavy atom. The summed E-state index contributed by atoms with van der Waals surface area (Å²) in [5.74, 6) is -0.860. The summed E-state index contributed by atoms with van der Waals surface area (Å²) in [5.41, 5.74) is 5.36. The number of carbonyl (C=O) groups excluding carboxylic acids is 3. The fourth-order valence-corrected chi connectivity index (χ4v) is 4.32. The monoisotopic (exact) mass is 404 g/mol. The van der Waals surface area contributed by atoms with Crippen molar-refractivity contribution in [2.24, 2.45) is 0 Å². The van der Waals surface area contributed by atoms with Crippen molar-refractivity contribution in [2.45, 2.75) is 25.4 Å². The van der Waals surface area contributed by atoms with Crippen LogP contribution in [0.1, 0.15) is 39.9 Å². The molecule has 0 saturated carbocycles. The highest BCUT2D eigenvalue weighted by molar-refractivity contribution is 6.05. The summed E-state index contributed by atoms with van der Waals surface area (Å²) in [6.07, 6.45) is 3.98. The van der Waals surface area contributed by atoms with E-state index in [-0.39, 0.29) is 18.2 Å². The maximum Gasteiger partial charge on any atom is 0.255 e. The standard InChI is InChI=1S/C21H20N6O3/c1-26-11-22-18(19(26)13-6-7-23-24-9-13)12-2-3-15-14(8-12)10-27(21(15)30)16-4-5-17(28)25-20(16)29/h2-3,6-9,16,22H,4-5,10-11H2,1H3,(H,25,28,29)/t16-/m0/s1. The zero-order valence-electron chi connectivity index (χ0n) is 16.4. The number of hydrogen-bond donors (Lipinski definition) is 2. The van der Waals surface area contributed by atoms with Gasteiger partial charge in [0.15, 0.2) is 0 Å². The highest BCUT2D eigenvalue weighted by Crippen LogP contribution is 2.34. The Kier molecular flexibility index (Phi) is 4.23. The largest absolute Gasteiger partial charge is 0.366 e. The third-order valence-electron chi connectivity index (χ3n) is 5.78. The fraction of sp³-hybridized carbons (Fsp3) is 0.286. The number of carbonyl (C=O) groups is 3. The van der Waals surface area contributed by atoms with Gasteiger partial charge in [0, 0.05) is 36.7 Å². The molecular weight excluding hydrogens is 384 g/mol. The molecule has 3 aliphatic rings. The third-order valence-corrected chi connectivity index (χ3v) is 5.78. The van der Waals surface area contributed by atoms with Gasteiger partial charge in [0.1, 0.15) is 6.04 Å². The molecule has 3 amide bonds. The molecule has 1 aromatic heterocycles. The molecule has 2 aromatic rings. The summed E-state index contributed by atoms with van der Waals surface area (Å²) in [5, 5.41) is 13.6. The number of benzene rings is 1. The van der Waals surface area contributed by atoms with Crippen LogP contribution in [-0.4, -0.2) is 57.5 Å². The van der Waals surface area contributed by atoms with E-state index in [0.717, 1.165) is 28.1 Å². The van der Waals surface area contributed by atoms with Crippen molar-refractivity contribution in [2.75, 3.05) is 13.7 Å². The predicted molar refractivity (Wildman–Crippen MR) is 107 cm³/mol. The summed E-state index contributed by atoms with van der Waals surface area (Å²) in [6, 6.07) is 7.03. The van der Waals surface area contributed by atoms with Gasteiger partial charge in [-0.05, 0) is 30.2 Å². The minimum absolute atomic E-state index is 0.171. The Balaban J connectivity index is 1.48. The van der Waals surface area contributed by atoms with Crippen LogP contribution in [0, 0.1) is 0 Å². The van der Waals surface area contributed by atoms with Gasteiger partial charge >= 0.3 is 0 Å². The molecule has 4 heterocycles. The second-order valence-corrected chi connectivity index (χ2v) is 7.66. The molecule has 0 aliphatic carbocycles. The zero-order valence-corrected chi connectivity index (χ0v) is 16.4. The second kappa shape index (κ2) is 6.94. The van der Waals surface area contributed by atoms with E-state index in [0.29, 0.717) is 25.2 Å². The maximum absolute atomic E-state index is 12.9. The van der Waals surface area contributed by atoms with E-state index < -0.39 is 11.9 Å². The Labute approximate surface area is 172 Å². The minimum Gasteiger partial charge on any atom is -0.366 e. The zero-order chi connectivity index (χ0) is 20.8. The van der Waals surface area contributed by atoms with Crippen LogP contribution in [0.5, 0.6) is 0 Å². The number of hydrogen-bond acceptors (Lipinski definition) is 7. The smallest absolute Gasteiger partial charge is 0.255 e. The number of aromatic nitrogens is 2. The second-order valence-electron chi connectivity index (χ2n) is 7.66. The van der Waals surface area contributed by atoms with Crippen LogP contribution in [0.25, 0.3) is 11.4 Å². The molecule has 1 saturated heterocycles. The van der Waals surface area contributed by atoms with E-state index in [1.807, 2.05) is 31.3 Å². The lowest BCUT2D eigenvalue weighted by molar-refractivity contribution is -0.136. The van der Waals surface area contributed by atoms with Crippen LogP contribution < -0.4 is 10.6 Å². The van der Waals surface area contributed by atoms with Crippen molar-refractivity contribution < 1.29 is 14.4 Å². The van der Waals surface area contributed by atoms with Crippen molar-refractivity contribution in [3.63, 3.8) is 0 Å². The fourth-order valence-electron chi connectivity index (χ4n) is 4.32. The van der Waals surface area contributed by atoms with E-state index >= 15 is 0 Å². The summed E-state index contributed by atoms with van der Waals surface area (Å²) < 4.78 is 0. The normalized spacial score (nSPS) is 21.1. The van der Waals surface area contributed by atoms with Crippen molar-refractivity contribution >= 4 is 29.1 Å². The first-order valence-corrected chi connectivity index (χ1v) is 9.77. The van der Waals surface area contributed by atoms with Gasteiger partial charge in [-0.25, -0.2) is 0 Å². The highest BCUT2D eigenvalue weighted by Gasteiger charge is 2.39. The van der Waals surface area contributed by atoms with E-state index in [2.05, 4.69) is 25.7 Å². The van der Waals surface area contributed by atoms with Gasteiger partial charge in [-0.3, -0.25) is 19.7 Å². The van der Waals surface area contributed by atoms with E-state index in [4.69, 9.17) is 0 Å². The number of amides is 3. The molecule has 3 aliphatic heterocycles. The summed E-state index contributed by atoms with van der Waals surface area (Å²) >= 11 is 0. The number of piperidine rings is 1. The SMILES string of the molecule is CN1CNC(c2ccc3c(c2)CN([C@H]2CCC(=O)NC2=O)C3=O)=C1c1ccnnc1. The summed E-state index contributed by atoms with van der Waals surface area (Å²) in [7, 11) is 2.00. The Morgan fingerprint density at radius 1 is 1.10 bits per heavy atom. The molecule has 152 valence electrons. The van der Waals surface area contributed by atoms with Crippen molar-refractivity contribution in [3.8, 4) is 0 Å². The van der Waals surface area contributed by atoms with Gasteiger partial charge in [0.05, 0.1) is 30.5 Å². The summed E-state index contributed by atoms with van der Waals surface area (Å²) in [6.45, 7) is 1.01. The van der Waals surface area contributed by atoms with Gasteiger partial charge in [-0.2, -0.15) is 10.2 Å². The van der Waals surface area contributed by atoms with Crippen LogP contribution in [0.15, 0.2) is 36.7 Å². The molecular formula is C21H20N6O3. The van der Waals surface area contributed by atoms with Crippen LogP contribution in [0.3, 0.4) is 0 Å². The molecule has 1 fully saturated rings. The van der Waals surface area contributed by atoms with Crippen molar-refractivity contribution in [3.05, 3.63) is 58.9 Å². The van der Waals surface area contributed by atoms with Gasteiger partial charge in [0.2, 0.25) is 11.8 Å². The van der Waals surface area contributed by atoms with Crippen molar-refractivity contribution in [1.29, 1.82) is 0 Å². The topological polar surface area (TPSA) is 108 Å². The molecule has 9 heteroatoms. The lowest BCUT2D eigenvalue weighted by atomic mass is 10.0. The van der Waals surface area contributed by atoms with Crippen molar-refractivity contribution in [1.82, 2.24) is 30.6 Å². The molecule has 9 nitrogen and oxygen atoms in total. The quantitative estimate of drug-likeness (QED) is 0.720. The number of rotatable bonds is 3. The van der Waals surface area contributed by atoms with Crippen LogP contribution in [0.4, 0.5) is 0 Å². The lowest BCUT2D eigenvalue weighted by Crippen LogP contribution is -2.52. The Morgan fingerprint density at radius 2 is 1.97 bits per heavy atom. The maximum atomic E-state index is 12.9. The molecule has 2 N–H and O–H groups in total. The first kappa shape index (κ1) is 18.3. The van der Waals surface area contributed by atoms with Crippen LogP contribution >= 0.6 is 0 Å². The first-order valence-electron chi connectivity index (χ1n) is 9.77. The molecule has 0 radical (unpaired) electrons. The lowest BCUT2D eigenvalue weighted by Gasteiger charge is -2.29. The Bertz CT molecular complexity index is 1100. The van der Waals surface area contributed by atoms with Gasteiger partial charge in [-0.15, -0.1) is 0 Å². The van der Waals surface area contributed by atoms with E-state index in [1.54, 1.807) is 17.3 Å². The predicted octanol–water partition coefficient (Wildman–Crippen LogP) is 0.556. The van der Waals surface area contributed by atoms with E-state index in [9.17, 15) is 14.4 Å². The van der Waals surface area contributed by atoms with Crippen LogP contribution in [0.2, 0.25) is 0 Å². The third kappa shape index (κ3) is 2.90. The van der Waals surface area contributed by atoms with Crippen LogP contribution in [-0.2, 0) is 16.1 Å². The highest BCUT2D eigenvalue weighted by atomic mass is 16.2. The van der Waals surface area contributed by atoms with Gasteiger partial charge in [0.25, 0.3) is 5.91 Å². The molecule has 1 atom stereocenters. The first-order chi connectivity index (χ1) is 14.5. The number of nitrogens with one attached hydrogen (secondary N) is 2. The Hall–Kier alpha value is -3.75. The molecule has 0 unspecified atom stereocenters. The van der Waals surface area contributed by atoms with E-state index in [1.165, 1.54) is 0 Å². The number of fused-ring (bicyclic) bond motifs is 1. The molecule has 5 rings (SSSR count). The summed E-state index contributed by atoms with van der Waals surface area (Å²) in [4.78, 5) is 40.2. The molecule has 0 bridgehead atoms. The average molecular weight is 404 g/mol. The molecule has 0 spiro atoms. The molecule has 1 aromatic carbocycles. The number of imide groups is 1.